The third-order valence-electron chi connectivity index (χ3n) is 4.14. The number of anilines is 1. The van der Waals surface area contributed by atoms with Crippen molar-refractivity contribution in [2.75, 3.05) is 4.90 Å². The molecule has 1 atom stereocenters. The summed E-state index contributed by atoms with van der Waals surface area (Å²) < 4.78 is 0. The second-order valence-electron chi connectivity index (χ2n) is 5.69. The first-order valence-corrected chi connectivity index (χ1v) is 7.75. The van der Waals surface area contributed by atoms with E-state index in [2.05, 4.69) is 79.1 Å². The molecule has 0 amide bonds. The monoisotopic (exact) mass is 275 g/mol. The molecule has 2 aromatic rings. The summed E-state index contributed by atoms with van der Waals surface area (Å²) in [6, 6.07) is 17.5. The molecule has 0 aliphatic carbocycles. The highest BCUT2D eigenvalue weighted by molar-refractivity contribution is 5.64. The Bertz CT molecular complexity index is 690. The summed E-state index contributed by atoms with van der Waals surface area (Å²) in [5, 5.41) is 0. The van der Waals surface area contributed by atoms with Crippen LogP contribution in [0.5, 0.6) is 0 Å². The molecule has 0 radical (unpaired) electrons. The number of nitrogens with zero attached hydrogens (tertiary/aromatic N) is 1. The van der Waals surface area contributed by atoms with Crippen LogP contribution >= 0.6 is 0 Å². The lowest BCUT2D eigenvalue weighted by Gasteiger charge is -2.33. The zero-order chi connectivity index (χ0) is 14.7. The van der Waals surface area contributed by atoms with Crippen LogP contribution in [0.3, 0.4) is 0 Å². The summed E-state index contributed by atoms with van der Waals surface area (Å²) in [5.41, 5.74) is 4.87. The van der Waals surface area contributed by atoms with Gasteiger partial charge in [-0.2, -0.15) is 0 Å². The highest BCUT2D eigenvalue weighted by Crippen LogP contribution is 2.28. The average Bonchev–Trinajstić information content (AvgIpc) is 2.50. The second-order valence-corrected chi connectivity index (χ2v) is 5.69. The molecule has 1 nitrogen and oxygen atoms in total. The second kappa shape index (κ2) is 6.06. The van der Waals surface area contributed by atoms with Crippen LogP contribution in [-0.2, 0) is 6.54 Å². The predicted molar refractivity (Wildman–Crippen MR) is 89.4 cm³/mol. The van der Waals surface area contributed by atoms with Crippen molar-refractivity contribution in [2.24, 2.45) is 0 Å². The van der Waals surface area contributed by atoms with Crippen LogP contribution in [0.2, 0.25) is 0 Å². The molecule has 0 fully saturated rings. The first-order valence-electron chi connectivity index (χ1n) is 7.75. The molecule has 0 saturated carbocycles. The summed E-state index contributed by atoms with van der Waals surface area (Å²) in [6.45, 7) is 5.50. The van der Waals surface area contributed by atoms with E-state index in [1.54, 1.807) is 0 Å². The molecular weight excluding hydrogens is 254 g/mol. The van der Waals surface area contributed by atoms with Gasteiger partial charge in [-0.15, -0.1) is 0 Å². The molecule has 1 aliphatic rings. The molecular formula is C20H21N. The first-order chi connectivity index (χ1) is 10.3. The maximum atomic E-state index is 3.36. The minimum absolute atomic E-state index is 0.518. The Morgan fingerprint density at radius 2 is 1.67 bits per heavy atom. The van der Waals surface area contributed by atoms with Gasteiger partial charge in [-0.05, 0) is 37.1 Å². The molecule has 0 bridgehead atoms. The van der Waals surface area contributed by atoms with Crippen LogP contribution in [0, 0.1) is 11.8 Å². The third kappa shape index (κ3) is 2.81. The lowest BCUT2D eigenvalue weighted by molar-refractivity contribution is 0.578. The SMILES string of the molecule is CCCC(C)N1Cc2ccccc2C#Cc2ccccc21. The van der Waals surface area contributed by atoms with Crippen LogP contribution in [0.25, 0.3) is 0 Å². The van der Waals surface area contributed by atoms with E-state index in [9.17, 15) is 0 Å². The van der Waals surface area contributed by atoms with Crippen molar-refractivity contribution in [3.05, 3.63) is 65.2 Å². The maximum Gasteiger partial charge on any atom is 0.0530 e. The largest absolute Gasteiger partial charge is 0.363 e. The maximum absolute atomic E-state index is 3.36. The van der Waals surface area contributed by atoms with Crippen LogP contribution in [0.1, 0.15) is 43.4 Å². The number of hydrogen-bond donors (Lipinski definition) is 0. The topological polar surface area (TPSA) is 3.24 Å². The molecule has 3 rings (SSSR count). The molecule has 0 saturated heterocycles. The quantitative estimate of drug-likeness (QED) is 0.740. The number of hydrogen-bond acceptors (Lipinski definition) is 1. The predicted octanol–water partition coefficient (Wildman–Crippen LogP) is 4.60. The van der Waals surface area contributed by atoms with E-state index in [-0.39, 0.29) is 0 Å². The average molecular weight is 275 g/mol. The van der Waals surface area contributed by atoms with E-state index >= 15 is 0 Å². The highest BCUT2D eigenvalue weighted by atomic mass is 15.2. The van der Waals surface area contributed by atoms with Crippen molar-refractivity contribution in [2.45, 2.75) is 39.3 Å². The fourth-order valence-electron chi connectivity index (χ4n) is 2.98. The molecule has 1 aliphatic heterocycles. The number of rotatable bonds is 3. The standard InChI is InChI=1S/C20H21N/c1-3-8-16(2)21-15-19-11-5-4-9-17(19)13-14-18-10-6-7-12-20(18)21/h4-7,9-12,16H,3,8,15H2,1-2H3. The smallest absolute Gasteiger partial charge is 0.0530 e. The van der Waals surface area contributed by atoms with Gasteiger partial charge in [0, 0.05) is 23.7 Å². The zero-order valence-electron chi connectivity index (χ0n) is 12.8. The molecule has 1 heterocycles. The zero-order valence-corrected chi connectivity index (χ0v) is 12.8. The summed E-state index contributed by atoms with van der Waals surface area (Å²) in [4.78, 5) is 2.51. The van der Waals surface area contributed by atoms with Gasteiger partial charge in [0.2, 0.25) is 0 Å². The number of para-hydroxylation sites is 1. The van der Waals surface area contributed by atoms with Crippen molar-refractivity contribution in [3.8, 4) is 11.8 Å². The Morgan fingerprint density at radius 3 is 2.48 bits per heavy atom. The number of fused-ring (bicyclic) bond motifs is 2. The molecule has 2 aromatic carbocycles. The Morgan fingerprint density at radius 1 is 1.00 bits per heavy atom. The van der Waals surface area contributed by atoms with Crippen LogP contribution in [0.15, 0.2) is 48.5 Å². The van der Waals surface area contributed by atoms with Crippen molar-refractivity contribution in [1.29, 1.82) is 0 Å². The lowest BCUT2D eigenvalue weighted by atomic mass is 10.0. The van der Waals surface area contributed by atoms with E-state index < -0.39 is 0 Å². The normalized spacial score (nSPS) is 14.1. The van der Waals surface area contributed by atoms with Gasteiger partial charge in [0.25, 0.3) is 0 Å². The van der Waals surface area contributed by atoms with Gasteiger partial charge in [0.1, 0.15) is 0 Å². The molecule has 0 spiro atoms. The van der Waals surface area contributed by atoms with E-state index in [0.717, 1.165) is 17.7 Å². The van der Waals surface area contributed by atoms with Gasteiger partial charge in [-0.1, -0.05) is 55.5 Å². The van der Waals surface area contributed by atoms with Gasteiger partial charge < -0.3 is 4.90 Å². The van der Waals surface area contributed by atoms with Crippen molar-refractivity contribution >= 4 is 5.69 Å². The Hall–Kier alpha value is -2.20. The molecule has 21 heavy (non-hydrogen) atoms. The van der Waals surface area contributed by atoms with E-state index in [1.807, 2.05) is 0 Å². The van der Waals surface area contributed by atoms with Gasteiger partial charge >= 0.3 is 0 Å². The molecule has 106 valence electrons. The lowest BCUT2D eigenvalue weighted by Crippen LogP contribution is -2.33. The fraction of sp³-hybridized carbons (Fsp3) is 0.300. The summed E-state index contributed by atoms with van der Waals surface area (Å²) >= 11 is 0. The van der Waals surface area contributed by atoms with Gasteiger partial charge in [-0.3, -0.25) is 0 Å². The van der Waals surface area contributed by atoms with Gasteiger partial charge in [0.15, 0.2) is 0 Å². The van der Waals surface area contributed by atoms with E-state index in [0.29, 0.717) is 6.04 Å². The van der Waals surface area contributed by atoms with Crippen molar-refractivity contribution in [1.82, 2.24) is 0 Å². The number of benzene rings is 2. The molecule has 1 heteroatoms. The molecule has 1 unspecified atom stereocenters. The first kappa shape index (κ1) is 13.8. The van der Waals surface area contributed by atoms with Crippen LogP contribution in [-0.4, -0.2) is 6.04 Å². The minimum atomic E-state index is 0.518. The molecule has 0 N–H and O–H groups in total. The summed E-state index contributed by atoms with van der Waals surface area (Å²) in [7, 11) is 0. The van der Waals surface area contributed by atoms with E-state index in [1.165, 1.54) is 24.1 Å². The van der Waals surface area contributed by atoms with Crippen LogP contribution < -0.4 is 4.90 Å². The Labute approximate surface area is 127 Å². The van der Waals surface area contributed by atoms with E-state index in [4.69, 9.17) is 0 Å². The minimum Gasteiger partial charge on any atom is -0.363 e. The van der Waals surface area contributed by atoms with Gasteiger partial charge in [0.05, 0.1) is 5.69 Å². The Balaban J connectivity index is 2.12. The highest BCUT2D eigenvalue weighted by Gasteiger charge is 2.19. The molecule has 0 aromatic heterocycles. The van der Waals surface area contributed by atoms with Crippen molar-refractivity contribution in [3.63, 3.8) is 0 Å². The summed E-state index contributed by atoms with van der Waals surface area (Å²) in [5.74, 6) is 6.69. The van der Waals surface area contributed by atoms with Crippen LogP contribution in [0.4, 0.5) is 5.69 Å². The fourth-order valence-corrected chi connectivity index (χ4v) is 2.98. The Kier molecular flexibility index (Phi) is 3.97. The third-order valence-corrected chi connectivity index (χ3v) is 4.14. The van der Waals surface area contributed by atoms with Gasteiger partial charge in [-0.25, -0.2) is 0 Å². The summed E-state index contributed by atoms with van der Waals surface area (Å²) in [6.07, 6.45) is 2.40. The van der Waals surface area contributed by atoms with Crippen molar-refractivity contribution < 1.29 is 0 Å².